The van der Waals surface area contributed by atoms with Crippen molar-refractivity contribution in [2.75, 3.05) is 0 Å². The van der Waals surface area contributed by atoms with E-state index in [1.165, 1.54) is 9.13 Å². The van der Waals surface area contributed by atoms with Gasteiger partial charge in [0, 0.05) is 12.7 Å². The molecule has 1 aromatic rings. The van der Waals surface area contributed by atoms with Gasteiger partial charge in [-0.25, -0.2) is 0 Å². The first-order valence-electron chi connectivity index (χ1n) is 3.91. The van der Waals surface area contributed by atoms with Crippen LogP contribution in [0.25, 0.3) is 0 Å². The first-order chi connectivity index (χ1) is 5.95. The molecule has 0 fully saturated rings. The number of aryl methyl sites for hydroxylation is 1. The summed E-state index contributed by atoms with van der Waals surface area (Å²) in [6, 6.07) is 2.12. The molecule has 0 heterocycles. The smallest absolute Gasteiger partial charge is 0.161 e. The molecule has 0 radical (unpaired) electrons. The Balaban J connectivity index is 3.56. The van der Waals surface area contributed by atoms with Crippen molar-refractivity contribution in [3.05, 3.63) is 29.9 Å². The van der Waals surface area contributed by atoms with Gasteiger partial charge < -0.3 is 0 Å². The highest BCUT2D eigenvalue weighted by molar-refractivity contribution is 14.1. The Morgan fingerprint density at radius 1 is 1.31 bits per heavy atom. The van der Waals surface area contributed by atoms with Crippen LogP contribution in [-0.4, -0.2) is 5.78 Å². The summed E-state index contributed by atoms with van der Waals surface area (Å²) in [6.45, 7) is 5.66. The molecule has 1 nitrogen and oxygen atoms in total. The van der Waals surface area contributed by atoms with Crippen LogP contribution < -0.4 is 0 Å². The number of halogens is 2. The molecule has 0 saturated carbocycles. The third kappa shape index (κ3) is 2.23. The van der Waals surface area contributed by atoms with E-state index >= 15 is 0 Å². The summed E-state index contributed by atoms with van der Waals surface area (Å²) in [5.41, 5.74) is 3.16. The van der Waals surface area contributed by atoms with Crippen molar-refractivity contribution in [3.63, 3.8) is 0 Å². The lowest BCUT2D eigenvalue weighted by atomic mass is 10.0. The minimum absolute atomic E-state index is 0.156. The molecule has 0 aliphatic heterocycles. The first kappa shape index (κ1) is 11.4. The second kappa shape index (κ2) is 4.25. The van der Waals surface area contributed by atoms with Gasteiger partial charge in [-0.05, 0) is 83.1 Å². The van der Waals surface area contributed by atoms with E-state index in [0.29, 0.717) is 0 Å². The van der Waals surface area contributed by atoms with Gasteiger partial charge in [-0.3, -0.25) is 4.79 Å². The maximum Gasteiger partial charge on any atom is 0.161 e. The Morgan fingerprint density at radius 2 is 1.85 bits per heavy atom. The van der Waals surface area contributed by atoms with Crippen LogP contribution in [0.1, 0.15) is 28.4 Å². The maximum atomic E-state index is 11.4. The summed E-state index contributed by atoms with van der Waals surface area (Å²) in [4.78, 5) is 11.4. The maximum absolute atomic E-state index is 11.4. The molecule has 0 bridgehead atoms. The molecule has 0 unspecified atom stereocenters. The van der Waals surface area contributed by atoms with Crippen molar-refractivity contribution in [1.82, 2.24) is 0 Å². The van der Waals surface area contributed by atoms with E-state index < -0.39 is 0 Å². The molecule has 0 spiro atoms. The van der Waals surface area contributed by atoms with Gasteiger partial charge in [0.05, 0.1) is 0 Å². The zero-order chi connectivity index (χ0) is 10.2. The fourth-order valence-corrected chi connectivity index (χ4v) is 2.94. The van der Waals surface area contributed by atoms with E-state index in [9.17, 15) is 4.79 Å². The monoisotopic (exact) mass is 400 g/mol. The molecule has 0 saturated heterocycles. The van der Waals surface area contributed by atoms with Crippen LogP contribution >= 0.6 is 45.2 Å². The molecule has 0 aliphatic rings. The van der Waals surface area contributed by atoms with Crippen LogP contribution in [0.2, 0.25) is 0 Å². The second-order valence-corrected chi connectivity index (χ2v) is 5.29. The number of benzene rings is 1. The lowest BCUT2D eigenvalue weighted by molar-refractivity contribution is 0.101. The van der Waals surface area contributed by atoms with Gasteiger partial charge in [0.2, 0.25) is 0 Å². The number of rotatable bonds is 1. The van der Waals surface area contributed by atoms with Crippen molar-refractivity contribution in [1.29, 1.82) is 0 Å². The molecule has 0 amide bonds. The highest BCUT2D eigenvalue weighted by atomic mass is 127. The predicted octanol–water partition coefficient (Wildman–Crippen LogP) is 3.72. The van der Waals surface area contributed by atoms with Crippen LogP contribution in [0.3, 0.4) is 0 Å². The summed E-state index contributed by atoms with van der Waals surface area (Å²) in [7, 11) is 0. The largest absolute Gasteiger partial charge is 0.294 e. The van der Waals surface area contributed by atoms with E-state index in [1.54, 1.807) is 6.92 Å². The molecule has 0 atom stereocenters. The number of hydrogen-bond acceptors (Lipinski definition) is 1. The van der Waals surface area contributed by atoms with Crippen LogP contribution in [-0.2, 0) is 0 Å². The first-order valence-corrected chi connectivity index (χ1v) is 6.07. The summed E-state index contributed by atoms with van der Waals surface area (Å²) < 4.78 is 2.25. The zero-order valence-corrected chi connectivity index (χ0v) is 12.1. The number of carbonyl (C=O) groups excluding carboxylic acids is 1. The molecule has 3 heteroatoms. The Bertz CT molecular complexity index is 343. The van der Waals surface area contributed by atoms with Gasteiger partial charge in [0.15, 0.2) is 5.78 Å². The standard InChI is InChI=1S/C10H10I2O/c1-5-4-8(11)6(2)9(7(3)13)10(5)12/h4H,1-3H3. The molecule has 13 heavy (non-hydrogen) atoms. The van der Waals surface area contributed by atoms with E-state index in [-0.39, 0.29) is 5.78 Å². The third-order valence-electron chi connectivity index (χ3n) is 1.99. The van der Waals surface area contributed by atoms with Crippen molar-refractivity contribution in [3.8, 4) is 0 Å². The van der Waals surface area contributed by atoms with Crippen LogP contribution in [0.5, 0.6) is 0 Å². The van der Waals surface area contributed by atoms with Crippen molar-refractivity contribution in [2.24, 2.45) is 0 Å². The zero-order valence-electron chi connectivity index (χ0n) is 7.74. The van der Waals surface area contributed by atoms with Crippen LogP contribution in [0, 0.1) is 21.0 Å². The second-order valence-electron chi connectivity index (χ2n) is 3.05. The normalized spacial score (nSPS) is 10.2. The minimum atomic E-state index is 0.156. The topological polar surface area (TPSA) is 17.1 Å². The van der Waals surface area contributed by atoms with E-state index in [0.717, 1.165) is 14.7 Å². The van der Waals surface area contributed by atoms with Gasteiger partial charge in [-0.2, -0.15) is 0 Å². The quantitative estimate of drug-likeness (QED) is 0.519. The van der Waals surface area contributed by atoms with Gasteiger partial charge in [-0.1, -0.05) is 0 Å². The Hall–Kier alpha value is 0.350. The van der Waals surface area contributed by atoms with E-state index in [4.69, 9.17) is 0 Å². The fraction of sp³-hybridized carbons (Fsp3) is 0.300. The number of ketones is 1. The molecular weight excluding hydrogens is 390 g/mol. The van der Waals surface area contributed by atoms with Gasteiger partial charge >= 0.3 is 0 Å². The lowest BCUT2D eigenvalue weighted by Crippen LogP contribution is -2.03. The number of Topliss-reactive ketones (excluding diaryl/α,β-unsaturated/α-hetero) is 1. The van der Waals surface area contributed by atoms with Crippen molar-refractivity contribution >= 4 is 51.0 Å². The van der Waals surface area contributed by atoms with Gasteiger partial charge in [-0.15, -0.1) is 0 Å². The minimum Gasteiger partial charge on any atom is -0.294 e. The summed E-state index contributed by atoms with van der Waals surface area (Å²) in [6.07, 6.45) is 0. The molecule has 0 aromatic heterocycles. The van der Waals surface area contributed by atoms with Gasteiger partial charge in [0.1, 0.15) is 0 Å². The molecule has 1 aromatic carbocycles. The SMILES string of the molecule is CC(=O)c1c(C)c(I)cc(C)c1I. The molecule has 0 aliphatic carbocycles. The summed E-state index contributed by atoms with van der Waals surface area (Å²) in [5, 5.41) is 0. The Labute approximate surface area is 106 Å². The van der Waals surface area contributed by atoms with E-state index in [1.807, 2.05) is 13.8 Å². The molecule has 70 valence electrons. The fourth-order valence-electron chi connectivity index (χ4n) is 1.26. The molecule has 0 N–H and O–H groups in total. The van der Waals surface area contributed by atoms with E-state index in [2.05, 4.69) is 51.2 Å². The molecule has 1 rings (SSSR count). The third-order valence-corrected chi connectivity index (χ3v) is 4.50. The highest BCUT2D eigenvalue weighted by Crippen LogP contribution is 2.25. The summed E-state index contributed by atoms with van der Waals surface area (Å²) >= 11 is 4.51. The molecular formula is C10H10I2O. The summed E-state index contributed by atoms with van der Waals surface area (Å²) in [5.74, 6) is 0.156. The number of carbonyl (C=O) groups is 1. The average molecular weight is 400 g/mol. The van der Waals surface area contributed by atoms with Crippen LogP contribution in [0.15, 0.2) is 6.07 Å². The number of hydrogen-bond donors (Lipinski definition) is 0. The van der Waals surface area contributed by atoms with Crippen LogP contribution in [0.4, 0.5) is 0 Å². The van der Waals surface area contributed by atoms with Crippen molar-refractivity contribution in [2.45, 2.75) is 20.8 Å². The Kier molecular flexibility index (Phi) is 3.73. The highest BCUT2D eigenvalue weighted by Gasteiger charge is 2.13. The average Bonchev–Trinajstić information content (AvgIpc) is 2.01. The lowest BCUT2D eigenvalue weighted by Gasteiger charge is -2.10. The Morgan fingerprint density at radius 3 is 2.31 bits per heavy atom. The van der Waals surface area contributed by atoms with Crippen molar-refractivity contribution < 1.29 is 4.79 Å². The predicted molar refractivity (Wildman–Crippen MR) is 71.4 cm³/mol. The van der Waals surface area contributed by atoms with Gasteiger partial charge in [0.25, 0.3) is 0 Å².